The van der Waals surface area contributed by atoms with Gasteiger partial charge in [-0.05, 0) is 28.8 Å². The molecule has 0 atom stereocenters. The highest BCUT2D eigenvalue weighted by Gasteiger charge is 2.24. The van der Waals surface area contributed by atoms with E-state index in [4.69, 9.17) is 4.74 Å². The number of hydrogen-bond acceptors (Lipinski definition) is 3. The number of carbonyl (C=O) groups is 1. The van der Waals surface area contributed by atoms with E-state index in [2.05, 4.69) is 4.98 Å². The Labute approximate surface area is 135 Å². The molecule has 0 aliphatic carbocycles. The zero-order chi connectivity index (χ0) is 15.9. The first-order chi connectivity index (χ1) is 11.3. The molecule has 3 rings (SSSR count). The van der Waals surface area contributed by atoms with Gasteiger partial charge in [-0.1, -0.05) is 60.7 Å². The standard InChI is InChI=1S/C20H17NO2/c22-20(23-15-16-11-13-21-14-12-16)19(17-7-3-1-4-8-17)18-9-5-2-6-10-18/h1-14,19H,15H2. The molecule has 0 bridgehead atoms. The Bertz CT molecular complexity index is 703. The summed E-state index contributed by atoms with van der Waals surface area (Å²) in [5.41, 5.74) is 2.78. The first kappa shape index (κ1) is 15.0. The molecule has 1 heterocycles. The lowest BCUT2D eigenvalue weighted by molar-refractivity contribution is -0.145. The van der Waals surface area contributed by atoms with Gasteiger partial charge in [0.1, 0.15) is 12.5 Å². The smallest absolute Gasteiger partial charge is 0.318 e. The van der Waals surface area contributed by atoms with E-state index in [0.717, 1.165) is 16.7 Å². The second kappa shape index (κ2) is 7.36. The van der Waals surface area contributed by atoms with E-state index in [-0.39, 0.29) is 12.6 Å². The van der Waals surface area contributed by atoms with Crippen LogP contribution in [0.2, 0.25) is 0 Å². The quantitative estimate of drug-likeness (QED) is 0.670. The summed E-state index contributed by atoms with van der Waals surface area (Å²) in [7, 11) is 0. The molecular weight excluding hydrogens is 286 g/mol. The molecule has 3 heteroatoms. The maximum absolute atomic E-state index is 12.7. The van der Waals surface area contributed by atoms with Crippen LogP contribution in [0.5, 0.6) is 0 Å². The minimum absolute atomic E-state index is 0.248. The van der Waals surface area contributed by atoms with Crippen molar-refractivity contribution in [3.8, 4) is 0 Å². The van der Waals surface area contributed by atoms with Gasteiger partial charge >= 0.3 is 5.97 Å². The molecule has 1 aromatic heterocycles. The van der Waals surface area contributed by atoms with Gasteiger partial charge in [0, 0.05) is 12.4 Å². The van der Waals surface area contributed by atoms with Crippen molar-refractivity contribution >= 4 is 5.97 Å². The number of nitrogens with zero attached hydrogens (tertiary/aromatic N) is 1. The van der Waals surface area contributed by atoms with Crippen LogP contribution in [0.3, 0.4) is 0 Å². The predicted molar refractivity (Wildman–Crippen MR) is 88.8 cm³/mol. The second-order valence-corrected chi connectivity index (χ2v) is 5.22. The van der Waals surface area contributed by atoms with Gasteiger partial charge < -0.3 is 4.74 Å². The number of ether oxygens (including phenoxy) is 1. The highest BCUT2D eigenvalue weighted by molar-refractivity contribution is 5.82. The van der Waals surface area contributed by atoms with Gasteiger partial charge in [0.2, 0.25) is 0 Å². The maximum Gasteiger partial charge on any atom is 0.318 e. The van der Waals surface area contributed by atoms with Crippen molar-refractivity contribution in [1.82, 2.24) is 4.98 Å². The number of aromatic nitrogens is 1. The van der Waals surface area contributed by atoms with Crippen molar-refractivity contribution in [2.24, 2.45) is 0 Å². The average Bonchev–Trinajstić information content (AvgIpc) is 2.63. The van der Waals surface area contributed by atoms with Crippen molar-refractivity contribution in [2.45, 2.75) is 12.5 Å². The SMILES string of the molecule is O=C(OCc1ccncc1)C(c1ccccc1)c1ccccc1. The van der Waals surface area contributed by atoms with Gasteiger partial charge in [-0.2, -0.15) is 0 Å². The number of carbonyl (C=O) groups excluding carboxylic acids is 1. The molecule has 114 valence electrons. The van der Waals surface area contributed by atoms with Gasteiger partial charge in [0.05, 0.1) is 0 Å². The fourth-order valence-electron chi connectivity index (χ4n) is 2.47. The molecule has 0 saturated carbocycles. The molecule has 0 N–H and O–H groups in total. The third kappa shape index (κ3) is 3.83. The number of esters is 1. The third-order valence-electron chi connectivity index (χ3n) is 3.63. The van der Waals surface area contributed by atoms with Gasteiger partial charge in [-0.3, -0.25) is 9.78 Å². The largest absolute Gasteiger partial charge is 0.460 e. The molecule has 0 spiro atoms. The summed E-state index contributed by atoms with van der Waals surface area (Å²) in [4.78, 5) is 16.6. The molecule has 23 heavy (non-hydrogen) atoms. The average molecular weight is 303 g/mol. The van der Waals surface area contributed by atoms with E-state index in [9.17, 15) is 4.79 Å². The Morgan fingerprint density at radius 2 is 1.35 bits per heavy atom. The number of hydrogen-bond donors (Lipinski definition) is 0. The van der Waals surface area contributed by atoms with E-state index in [0.29, 0.717) is 0 Å². The first-order valence-electron chi connectivity index (χ1n) is 7.50. The Morgan fingerprint density at radius 1 is 0.826 bits per heavy atom. The van der Waals surface area contributed by atoms with Crippen molar-refractivity contribution < 1.29 is 9.53 Å². The van der Waals surface area contributed by atoms with Crippen LogP contribution in [0.15, 0.2) is 85.2 Å². The van der Waals surface area contributed by atoms with E-state index in [1.165, 1.54) is 0 Å². The van der Waals surface area contributed by atoms with Crippen LogP contribution in [0.1, 0.15) is 22.6 Å². The lowest BCUT2D eigenvalue weighted by atomic mass is 9.91. The van der Waals surface area contributed by atoms with Crippen LogP contribution in [0.25, 0.3) is 0 Å². The number of benzene rings is 2. The molecule has 0 saturated heterocycles. The van der Waals surface area contributed by atoms with Gasteiger partial charge in [-0.15, -0.1) is 0 Å². The predicted octanol–water partition coefficient (Wildman–Crippen LogP) is 3.96. The molecule has 0 aliphatic heterocycles. The molecule has 3 nitrogen and oxygen atoms in total. The first-order valence-corrected chi connectivity index (χ1v) is 7.50. The number of pyridine rings is 1. The fraction of sp³-hybridized carbons (Fsp3) is 0.100. The van der Waals surface area contributed by atoms with E-state index in [1.54, 1.807) is 12.4 Å². The minimum atomic E-state index is -0.417. The Morgan fingerprint density at radius 3 is 1.87 bits per heavy atom. The Hall–Kier alpha value is -2.94. The van der Waals surface area contributed by atoms with Crippen molar-refractivity contribution in [3.63, 3.8) is 0 Å². The maximum atomic E-state index is 12.7. The summed E-state index contributed by atoms with van der Waals surface area (Å²) in [6, 6.07) is 23.1. The Kier molecular flexibility index (Phi) is 4.79. The molecule has 3 aromatic rings. The molecule has 0 aliphatic rings. The molecule has 0 radical (unpaired) electrons. The molecule has 0 amide bonds. The van der Waals surface area contributed by atoms with E-state index >= 15 is 0 Å². The lowest BCUT2D eigenvalue weighted by Gasteiger charge is -2.17. The van der Waals surface area contributed by atoms with Crippen molar-refractivity contribution in [1.29, 1.82) is 0 Å². The zero-order valence-corrected chi connectivity index (χ0v) is 12.6. The van der Waals surface area contributed by atoms with Crippen molar-refractivity contribution in [3.05, 3.63) is 102 Å². The van der Waals surface area contributed by atoms with Gasteiger partial charge in [0.25, 0.3) is 0 Å². The van der Waals surface area contributed by atoms with Crippen LogP contribution in [0, 0.1) is 0 Å². The van der Waals surface area contributed by atoms with E-state index in [1.807, 2.05) is 72.8 Å². The normalized spacial score (nSPS) is 10.5. The van der Waals surface area contributed by atoms with Crippen LogP contribution < -0.4 is 0 Å². The minimum Gasteiger partial charge on any atom is -0.460 e. The summed E-state index contributed by atoms with van der Waals surface area (Å²) in [5.74, 6) is -0.668. The van der Waals surface area contributed by atoms with Crippen LogP contribution in [-0.4, -0.2) is 11.0 Å². The molecule has 0 unspecified atom stereocenters. The van der Waals surface area contributed by atoms with E-state index < -0.39 is 5.92 Å². The second-order valence-electron chi connectivity index (χ2n) is 5.22. The molecule has 2 aromatic carbocycles. The fourth-order valence-corrected chi connectivity index (χ4v) is 2.47. The van der Waals surface area contributed by atoms with Crippen LogP contribution in [-0.2, 0) is 16.1 Å². The monoisotopic (exact) mass is 303 g/mol. The summed E-state index contributed by atoms with van der Waals surface area (Å²) in [6.45, 7) is 0.248. The molecule has 0 fully saturated rings. The van der Waals surface area contributed by atoms with Crippen molar-refractivity contribution in [2.75, 3.05) is 0 Å². The highest BCUT2D eigenvalue weighted by atomic mass is 16.5. The van der Waals surface area contributed by atoms with Crippen LogP contribution >= 0.6 is 0 Å². The van der Waals surface area contributed by atoms with Gasteiger partial charge in [-0.25, -0.2) is 0 Å². The Balaban J connectivity index is 1.82. The summed E-state index contributed by atoms with van der Waals surface area (Å²) < 4.78 is 5.53. The van der Waals surface area contributed by atoms with Gasteiger partial charge in [0.15, 0.2) is 0 Å². The highest BCUT2D eigenvalue weighted by Crippen LogP contribution is 2.26. The lowest BCUT2D eigenvalue weighted by Crippen LogP contribution is -2.17. The number of rotatable bonds is 5. The van der Waals surface area contributed by atoms with Crippen LogP contribution in [0.4, 0.5) is 0 Å². The topological polar surface area (TPSA) is 39.2 Å². The molecular formula is C20H17NO2. The third-order valence-corrected chi connectivity index (χ3v) is 3.63. The summed E-state index contributed by atoms with van der Waals surface area (Å²) in [5, 5.41) is 0. The summed E-state index contributed by atoms with van der Waals surface area (Å²) >= 11 is 0. The zero-order valence-electron chi connectivity index (χ0n) is 12.6. The summed E-state index contributed by atoms with van der Waals surface area (Å²) in [6.07, 6.45) is 3.38.